The molecule has 5 rings (SSSR count). The molecule has 5 nitrogen and oxygen atoms in total. The highest BCUT2D eigenvalue weighted by atomic mass is 16.5. The van der Waals surface area contributed by atoms with E-state index in [2.05, 4.69) is 40.1 Å². The zero-order valence-corrected chi connectivity index (χ0v) is 18.9. The minimum absolute atomic E-state index is 0.0113. The van der Waals surface area contributed by atoms with Crippen molar-refractivity contribution in [2.24, 2.45) is 0 Å². The van der Waals surface area contributed by atoms with E-state index in [1.54, 1.807) is 6.07 Å². The minimum atomic E-state index is -0.0113. The number of piperazine rings is 1. The fourth-order valence-corrected chi connectivity index (χ4v) is 4.48. The number of anilines is 1. The molecule has 1 fully saturated rings. The summed E-state index contributed by atoms with van der Waals surface area (Å²) in [7, 11) is 0. The van der Waals surface area contributed by atoms with E-state index in [-0.39, 0.29) is 5.43 Å². The number of aryl methyl sites for hydroxylation is 1. The van der Waals surface area contributed by atoms with Crippen molar-refractivity contribution in [3.63, 3.8) is 0 Å². The summed E-state index contributed by atoms with van der Waals surface area (Å²) in [6, 6.07) is 25.7. The highest BCUT2D eigenvalue weighted by Gasteiger charge is 2.17. The average Bonchev–Trinajstić information content (AvgIpc) is 2.85. The Balaban J connectivity index is 1.21. The molecule has 168 valence electrons. The third-order valence-electron chi connectivity index (χ3n) is 6.27. The van der Waals surface area contributed by atoms with Crippen molar-refractivity contribution in [3.8, 4) is 16.9 Å². The Kier molecular flexibility index (Phi) is 6.13. The van der Waals surface area contributed by atoms with Crippen LogP contribution in [0.4, 0.5) is 5.69 Å². The predicted octanol–water partition coefficient (Wildman–Crippen LogP) is 4.97. The number of fused-ring (bicyclic) bond motifs is 1. The van der Waals surface area contributed by atoms with Gasteiger partial charge < -0.3 is 14.1 Å². The Morgan fingerprint density at radius 1 is 0.879 bits per heavy atom. The van der Waals surface area contributed by atoms with E-state index < -0.39 is 0 Å². The number of benzene rings is 3. The average molecular weight is 441 g/mol. The number of nitrogens with zero attached hydrogens (tertiary/aromatic N) is 2. The van der Waals surface area contributed by atoms with Crippen molar-refractivity contribution >= 4 is 16.7 Å². The van der Waals surface area contributed by atoms with E-state index in [0.717, 1.165) is 44.0 Å². The van der Waals surface area contributed by atoms with Crippen molar-refractivity contribution < 1.29 is 9.15 Å². The number of rotatable bonds is 6. The summed E-state index contributed by atoms with van der Waals surface area (Å²) in [6.45, 7) is 7.39. The minimum Gasteiger partial charge on any atom is -0.492 e. The van der Waals surface area contributed by atoms with E-state index in [1.165, 1.54) is 5.69 Å². The third-order valence-corrected chi connectivity index (χ3v) is 6.27. The van der Waals surface area contributed by atoms with Gasteiger partial charge in [-0.1, -0.05) is 48.5 Å². The Labute approximate surface area is 193 Å². The smallest absolute Gasteiger partial charge is 0.200 e. The quantitative estimate of drug-likeness (QED) is 0.424. The van der Waals surface area contributed by atoms with Gasteiger partial charge in [0.25, 0.3) is 0 Å². The Morgan fingerprint density at radius 2 is 1.58 bits per heavy atom. The molecule has 0 amide bonds. The summed E-state index contributed by atoms with van der Waals surface area (Å²) in [4.78, 5) is 18.0. The molecule has 1 aliphatic rings. The molecule has 5 heteroatoms. The van der Waals surface area contributed by atoms with Crippen LogP contribution in [0.3, 0.4) is 0 Å². The molecule has 33 heavy (non-hydrogen) atoms. The second kappa shape index (κ2) is 9.51. The molecule has 0 atom stereocenters. The SMILES string of the molecule is Cc1oc2cc(OCCN3CCN(c4ccccc4)CC3)ccc2c(=O)c1-c1ccccc1. The molecular weight excluding hydrogens is 412 g/mol. The van der Waals surface area contributed by atoms with Crippen LogP contribution in [-0.4, -0.2) is 44.2 Å². The first-order valence-corrected chi connectivity index (χ1v) is 11.5. The maximum absolute atomic E-state index is 13.1. The lowest BCUT2D eigenvalue weighted by Crippen LogP contribution is -2.47. The van der Waals surface area contributed by atoms with Gasteiger partial charge in [-0.15, -0.1) is 0 Å². The molecule has 0 bridgehead atoms. The molecule has 1 aromatic heterocycles. The van der Waals surface area contributed by atoms with Crippen LogP contribution in [0.2, 0.25) is 0 Å². The normalized spacial score (nSPS) is 14.5. The molecule has 0 aliphatic carbocycles. The van der Waals surface area contributed by atoms with Crippen molar-refractivity contribution in [3.05, 3.63) is 94.8 Å². The van der Waals surface area contributed by atoms with Crippen LogP contribution in [0.25, 0.3) is 22.1 Å². The molecule has 1 aliphatic heterocycles. The summed E-state index contributed by atoms with van der Waals surface area (Å²) in [6.07, 6.45) is 0. The summed E-state index contributed by atoms with van der Waals surface area (Å²) in [5.74, 6) is 1.34. The lowest BCUT2D eigenvalue weighted by molar-refractivity contribution is 0.200. The topological polar surface area (TPSA) is 45.9 Å². The van der Waals surface area contributed by atoms with E-state index >= 15 is 0 Å². The Bertz CT molecular complexity index is 1280. The van der Waals surface area contributed by atoms with E-state index in [1.807, 2.05) is 49.4 Å². The summed E-state index contributed by atoms with van der Waals surface area (Å²) >= 11 is 0. The van der Waals surface area contributed by atoms with Crippen LogP contribution in [0.15, 0.2) is 88.1 Å². The number of hydrogen-bond donors (Lipinski definition) is 0. The second-order valence-corrected chi connectivity index (χ2v) is 8.40. The van der Waals surface area contributed by atoms with Gasteiger partial charge in [-0.3, -0.25) is 9.69 Å². The predicted molar refractivity (Wildman–Crippen MR) is 133 cm³/mol. The van der Waals surface area contributed by atoms with Gasteiger partial charge >= 0.3 is 0 Å². The van der Waals surface area contributed by atoms with Crippen LogP contribution in [-0.2, 0) is 0 Å². The summed E-state index contributed by atoms with van der Waals surface area (Å²) in [5, 5.41) is 0.573. The van der Waals surface area contributed by atoms with Crippen LogP contribution in [0.5, 0.6) is 5.75 Å². The maximum atomic E-state index is 13.1. The molecule has 3 aromatic carbocycles. The van der Waals surface area contributed by atoms with Gasteiger partial charge in [-0.2, -0.15) is 0 Å². The van der Waals surface area contributed by atoms with Crippen LogP contribution >= 0.6 is 0 Å². The molecule has 4 aromatic rings. The largest absolute Gasteiger partial charge is 0.492 e. The first kappa shape index (κ1) is 21.3. The van der Waals surface area contributed by atoms with Gasteiger partial charge in [0.15, 0.2) is 0 Å². The van der Waals surface area contributed by atoms with E-state index in [4.69, 9.17) is 9.15 Å². The zero-order chi connectivity index (χ0) is 22.6. The first-order chi connectivity index (χ1) is 16.2. The molecule has 2 heterocycles. The summed E-state index contributed by atoms with van der Waals surface area (Å²) < 4.78 is 12.0. The molecule has 0 N–H and O–H groups in total. The van der Waals surface area contributed by atoms with Crippen molar-refractivity contribution in [2.45, 2.75) is 6.92 Å². The summed E-state index contributed by atoms with van der Waals surface area (Å²) in [5.41, 5.74) is 3.33. The third kappa shape index (κ3) is 4.64. The van der Waals surface area contributed by atoms with Gasteiger partial charge in [0.2, 0.25) is 5.43 Å². The number of hydrogen-bond acceptors (Lipinski definition) is 5. The van der Waals surface area contributed by atoms with E-state index in [9.17, 15) is 4.79 Å². The molecule has 0 unspecified atom stereocenters. The molecule has 1 saturated heterocycles. The highest BCUT2D eigenvalue weighted by molar-refractivity contribution is 5.83. The fourth-order valence-electron chi connectivity index (χ4n) is 4.48. The van der Waals surface area contributed by atoms with Gasteiger partial charge in [-0.05, 0) is 36.8 Å². The van der Waals surface area contributed by atoms with Crippen LogP contribution < -0.4 is 15.1 Å². The van der Waals surface area contributed by atoms with Gasteiger partial charge in [-0.25, -0.2) is 0 Å². The van der Waals surface area contributed by atoms with Gasteiger partial charge in [0.05, 0.1) is 10.9 Å². The monoisotopic (exact) mass is 440 g/mol. The number of ether oxygens (including phenoxy) is 1. The molecule has 0 radical (unpaired) electrons. The molecule has 0 saturated carbocycles. The number of para-hydroxylation sites is 1. The molecular formula is C28H28N2O3. The zero-order valence-electron chi connectivity index (χ0n) is 18.9. The maximum Gasteiger partial charge on any atom is 0.200 e. The second-order valence-electron chi connectivity index (χ2n) is 8.40. The van der Waals surface area contributed by atoms with E-state index in [0.29, 0.717) is 28.9 Å². The standard InChI is InChI=1S/C28H28N2O3/c1-21-27(22-8-4-2-5-9-22)28(31)25-13-12-24(20-26(25)33-21)32-19-18-29-14-16-30(17-15-29)23-10-6-3-7-11-23/h2-13,20H,14-19H2,1H3. The van der Waals surface area contributed by atoms with Crippen LogP contribution in [0, 0.1) is 6.92 Å². The fraction of sp³-hybridized carbons (Fsp3) is 0.250. The Hall–Kier alpha value is -3.57. The Morgan fingerprint density at radius 3 is 2.30 bits per heavy atom. The lowest BCUT2D eigenvalue weighted by Gasteiger charge is -2.36. The van der Waals surface area contributed by atoms with Crippen molar-refractivity contribution in [2.75, 3.05) is 44.2 Å². The van der Waals surface area contributed by atoms with Gasteiger partial charge in [0.1, 0.15) is 23.7 Å². The first-order valence-electron chi connectivity index (χ1n) is 11.5. The van der Waals surface area contributed by atoms with Crippen molar-refractivity contribution in [1.29, 1.82) is 0 Å². The molecule has 0 spiro atoms. The highest BCUT2D eigenvalue weighted by Crippen LogP contribution is 2.26. The van der Waals surface area contributed by atoms with Gasteiger partial charge in [0, 0.05) is 44.5 Å². The lowest BCUT2D eigenvalue weighted by atomic mass is 10.0. The van der Waals surface area contributed by atoms with Crippen molar-refractivity contribution in [1.82, 2.24) is 4.90 Å². The van der Waals surface area contributed by atoms with Crippen LogP contribution in [0.1, 0.15) is 5.76 Å².